The Morgan fingerprint density at radius 2 is 1.94 bits per heavy atom. The third-order valence-electron chi connectivity index (χ3n) is 5.54. The van der Waals surface area contributed by atoms with Crippen molar-refractivity contribution in [1.82, 2.24) is 10.6 Å². The third kappa shape index (κ3) is 2.16. The summed E-state index contributed by atoms with van der Waals surface area (Å²) in [5.74, 6) is 0.696. The van der Waals surface area contributed by atoms with E-state index < -0.39 is 0 Å². The number of hydrogen-bond donors (Lipinski definition) is 2. The molecule has 2 aliphatic rings. The number of amides is 1. The molecule has 2 atom stereocenters. The summed E-state index contributed by atoms with van der Waals surface area (Å²) in [5, 5.41) is 6.29. The van der Waals surface area contributed by atoms with Gasteiger partial charge in [-0.15, -0.1) is 0 Å². The number of rotatable bonds is 4. The molecule has 0 bridgehead atoms. The van der Waals surface area contributed by atoms with E-state index in [9.17, 15) is 4.79 Å². The van der Waals surface area contributed by atoms with Gasteiger partial charge in [0.2, 0.25) is 5.91 Å². The summed E-state index contributed by atoms with van der Waals surface area (Å²) >= 11 is 0. The molecule has 4 nitrogen and oxygen atoms in total. The van der Waals surface area contributed by atoms with Crippen LogP contribution in [0.2, 0.25) is 0 Å². The fourth-order valence-corrected chi connectivity index (χ4v) is 3.25. The van der Waals surface area contributed by atoms with E-state index in [0.717, 1.165) is 19.5 Å². The molecule has 2 fully saturated rings. The van der Waals surface area contributed by atoms with Crippen molar-refractivity contribution < 1.29 is 9.53 Å². The van der Waals surface area contributed by atoms with Crippen LogP contribution in [0.5, 0.6) is 0 Å². The van der Waals surface area contributed by atoms with Crippen LogP contribution >= 0.6 is 0 Å². The number of hydrogen-bond acceptors (Lipinski definition) is 3. The van der Waals surface area contributed by atoms with Crippen molar-refractivity contribution in [2.45, 2.75) is 46.3 Å². The van der Waals surface area contributed by atoms with Gasteiger partial charge in [-0.1, -0.05) is 27.7 Å². The summed E-state index contributed by atoms with van der Waals surface area (Å²) < 4.78 is 5.25. The van der Waals surface area contributed by atoms with E-state index in [0.29, 0.717) is 16.7 Å². The highest BCUT2D eigenvalue weighted by Gasteiger charge is 2.64. The van der Waals surface area contributed by atoms with Crippen molar-refractivity contribution in [3.05, 3.63) is 0 Å². The lowest BCUT2D eigenvalue weighted by molar-refractivity contribution is -0.123. The van der Waals surface area contributed by atoms with E-state index in [-0.39, 0.29) is 18.1 Å². The van der Waals surface area contributed by atoms with Gasteiger partial charge in [-0.05, 0) is 23.2 Å². The normalized spacial score (nSPS) is 33.4. The van der Waals surface area contributed by atoms with Crippen LogP contribution in [0.3, 0.4) is 0 Å². The lowest BCUT2D eigenvalue weighted by Crippen LogP contribution is -2.41. The topological polar surface area (TPSA) is 50.4 Å². The first-order valence-corrected chi connectivity index (χ1v) is 6.84. The molecule has 4 heteroatoms. The number of carbonyl (C=O) groups is 1. The van der Waals surface area contributed by atoms with Crippen LogP contribution in [-0.4, -0.2) is 38.3 Å². The minimum absolute atomic E-state index is 0.0834. The molecule has 0 spiro atoms. The first kappa shape index (κ1) is 13.8. The average molecular weight is 254 g/mol. The van der Waals surface area contributed by atoms with E-state index in [1.165, 1.54) is 0 Å². The average Bonchev–Trinajstić information content (AvgIpc) is 2.71. The van der Waals surface area contributed by atoms with Gasteiger partial charge >= 0.3 is 0 Å². The number of carbonyl (C=O) groups excluding carboxylic acids is 1. The molecule has 104 valence electrons. The summed E-state index contributed by atoms with van der Waals surface area (Å²) in [6, 6.07) is -0.0834. The van der Waals surface area contributed by atoms with E-state index >= 15 is 0 Å². The number of nitrogens with one attached hydrogen (secondary N) is 2. The Kier molecular flexibility index (Phi) is 3.45. The molecule has 0 aromatic rings. The summed E-state index contributed by atoms with van der Waals surface area (Å²) in [6.45, 7) is 10.7. The highest BCUT2D eigenvalue weighted by molar-refractivity contribution is 5.82. The highest BCUT2D eigenvalue weighted by Crippen LogP contribution is 2.67. The van der Waals surface area contributed by atoms with Crippen LogP contribution in [0.15, 0.2) is 0 Å². The Bertz CT molecular complexity index is 325. The molecule has 2 rings (SSSR count). The van der Waals surface area contributed by atoms with Crippen molar-refractivity contribution in [3.8, 4) is 0 Å². The second-order valence-electron chi connectivity index (χ2n) is 6.80. The lowest BCUT2D eigenvalue weighted by atomic mass is 10.0. The van der Waals surface area contributed by atoms with Crippen LogP contribution in [0, 0.1) is 16.7 Å². The maximum atomic E-state index is 12.0. The molecule has 0 aromatic heterocycles. The predicted molar refractivity (Wildman–Crippen MR) is 71.3 cm³/mol. The summed E-state index contributed by atoms with van der Waals surface area (Å²) in [5.41, 5.74) is 0.664. The zero-order valence-corrected chi connectivity index (χ0v) is 12.2. The van der Waals surface area contributed by atoms with Crippen LogP contribution in [0.1, 0.15) is 34.1 Å². The fraction of sp³-hybridized carbons (Fsp3) is 0.929. The van der Waals surface area contributed by atoms with Gasteiger partial charge in [0.05, 0.1) is 12.1 Å². The molecule has 1 aliphatic heterocycles. The zero-order valence-electron chi connectivity index (χ0n) is 12.2. The Morgan fingerprint density at radius 3 is 2.39 bits per heavy atom. The van der Waals surface area contributed by atoms with Gasteiger partial charge in [-0.3, -0.25) is 4.79 Å². The molecule has 0 aromatic carbocycles. The molecule has 1 amide bonds. The van der Waals surface area contributed by atoms with Crippen molar-refractivity contribution in [3.63, 3.8) is 0 Å². The van der Waals surface area contributed by atoms with Crippen LogP contribution < -0.4 is 10.6 Å². The van der Waals surface area contributed by atoms with Crippen LogP contribution in [0.4, 0.5) is 0 Å². The highest BCUT2D eigenvalue weighted by atomic mass is 16.5. The Labute approximate surface area is 110 Å². The molecular formula is C14H26N2O2. The van der Waals surface area contributed by atoms with E-state index in [4.69, 9.17) is 4.74 Å². The van der Waals surface area contributed by atoms with Gasteiger partial charge < -0.3 is 15.4 Å². The quantitative estimate of drug-likeness (QED) is 0.791. The van der Waals surface area contributed by atoms with Gasteiger partial charge in [0.1, 0.15) is 0 Å². The van der Waals surface area contributed by atoms with Crippen LogP contribution in [0.25, 0.3) is 0 Å². The van der Waals surface area contributed by atoms with Gasteiger partial charge in [-0.2, -0.15) is 0 Å². The monoisotopic (exact) mass is 254 g/mol. The number of ether oxygens (including phenoxy) is 1. The SMILES string of the molecule is COC1CNC(C(=O)NCC2C(C)(C)C2(C)C)C1. The Hall–Kier alpha value is -0.610. The van der Waals surface area contributed by atoms with Gasteiger partial charge in [0, 0.05) is 20.2 Å². The molecule has 0 radical (unpaired) electrons. The summed E-state index contributed by atoms with van der Waals surface area (Å²) in [7, 11) is 1.70. The van der Waals surface area contributed by atoms with Crippen molar-refractivity contribution in [2.75, 3.05) is 20.2 Å². The van der Waals surface area contributed by atoms with Gasteiger partial charge in [-0.25, -0.2) is 0 Å². The molecular weight excluding hydrogens is 228 g/mol. The minimum Gasteiger partial charge on any atom is -0.380 e. The number of methoxy groups -OCH3 is 1. The molecule has 1 saturated heterocycles. The minimum atomic E-state index is -0.0834. The molecule has 18 heavy (non-hydrogen) atoms. The first-order valence-electron chi connectivity index (χ1n) is 6.84. The third-order valence-corrected chi connectivity index (χ3v) is 5.54. The van der Waals surface area contributed by atoms with Crippen LogP contribution in [-0.2, 0) is 9.53 Å². The van der Waals surface area contributed by atoms with E-state index in [2.05, 4.69) is 38.3 Å². The van der Waals surface area contributed by atoms with Gasteiger partial charge in [0.15, 0.2) is 0 Å². The standard InChI is InChI=1S/C14H26N2O2/c1-13(2)11(14(13,3)4)8-16-12(17)10-6-9(18-5)7-15-10/h9-11,15H,6-8H2,1-5H3,(H,16,17). The zero-order chi connectivity index (χ0) is 13.6. The van der Waals surface area contributed by atoms with E-state index in [1.807, 2.05) is 0 Å². The predicted octanol–water partition coefficient (Wildman–Crippen LogP) is 1.16. The smallest absolute Gasteiger partial charge is 0.237 e. The molecule has 2 N–H and O–H groups in total. The molecule has 1 saturated carbocycles. The maximum absolute atomic E-state index is 12.0. The van der Waals surface area contributed by atoms with Crippen molar-refractivity contribution in [1.29, 1.82) is 0 Å². The first-order chi connectivity index (χ1) is 8.30. The molecule has 1 aliphatic carbocycles. The fourth-order valence-electron chi connectivity index (χ4n) is 3.25. The maximum Gasteiger partial charge on any atom is 0.237 e. The largest absolute Gasteiger partial charge is 0.380 e. The second kappa shape index (κ2) is 4.49. The van der Waals surface area contributed by atoms with Crippen molar-refractivity contribution in [2.24, 2.45) is 16.7 Å². The summed E-state index contributed by atoms with van der Waals surface area (Å²) in [6.07, 6.45) is 0.953. The molecule has 1 heterocycles. The Morgan fingerprint density at radius 1 is 1.33 bits per heavy atom. The lowest BCUT2D eigenvalue weighted by Gasteiger charge is -2.12. The van der Waals surface area contributed by atoms with E-state index in [1.54, 1.807) is 7.11 Å². The molecule has 2 unspecified atom stereocenters. The van der Waals surface area contributed by atoms with Crippen molar-refractivity contribution >= 4 is 5.91 Å². The van der Waals surface area contributed by atoms with Gasteiger partial charge in [0.25, 0.3) is 0 Å². The second-order valence-corrected chi connectivity index (χ2v) is 6.80. The summed E-state index contributed by atoms with van der Waals surface area (Å²) in [4.78, 5) is 12.0. The Balaban J connectivity index is 1.77.